The number of nitrogens with two attached hydrogens (primary N) is 4. The molecular weight excluding hydrogens is 1400 g/mol. The molecule has 9 atom stereocenters. The van der Waals surface area contributed by atoms with Gasteiger partial charge in [0.25, 0.3) is 0 Å². The van der Waals surface area contributed by atoms with Crippen molar-refractivity contribution < 1.29 is 63.6 Å². The molecule has 7 amide bonds. The van der Waals surface area contributed by atoms with Gasteiger partial charge >= 0.3 is 11.9 Å². The van der Waals surface area contributed by atoms with E-state index >= 15 is 0 Å². The molecule has 19 N–H and O–H groups in total. The number of H-pyrrole nitrogens is 1. The maximum absolute atomic E-state index is 14.7. The zero-order valence-corrected chi connectivity index (χ0v) is 61.2. The molecule has 1 saturated heterocycles. The van der Waals surface area contributed by atoms with Gasteiger partial charge in [0.1, 0.15) is 53.9 Å². The molecular formula is C75H97ClN18O13. The minimum absolute atomic E-state index is 0.00477. The molecule has 0 bridgehead atoms. The number of rotatable bonds is 37. The maximum atomic E-state index is 14.7. The molecule has 2 aromatic heterocycles. The number of benzene rings is 5. The number of nitrogens with zero attached hydrogens (tertiary/aromatic N) is 7. The summed E-state index contributed by atoms with van der Waals surface area (Å²) in [5, 5.41) is 69.8. The number of carbonyl (C=O) groups is 9. The molecule has 3 heterocycles. The number of likely N-dealkylation sites (tertiary alicyclic amines) is 1. The first-order chi connectivity index (χ1) is 51.2. The Kier molecular flexibility index (Phi) is 31.7. The lowest BCUT2D eigenvalue weighted by molar-refractivity contribution is -0.145. The second-order valence-electron chi connectivity index (χ2n) is 26.6. The summed E-state index contributed by atoms with van der Waals surface area (Å²) in [5.41, 5.74) is 29.6. The molecule has 32 heteroatoms. The fourth-order valence-corrected chi connectivity index (χ4v) is 12.4. The third-order valence-corrected chi connectivity index (χ3v) is 18.6. The molecule has 31 nitrogen and oxygen atoms in total. The number of aromatic amines is 1. The predicted molar refractivity (Wildman–Crippen MR) is 401 cm³/mol. The van der Waals surface area contributed by atoms with Crippen molar-refractivity contribution in [1.82, 2.24) is 67.0 Å². The number of amides is 7. The Balaban J connectivity index is 0.000000437. The number of carbonyl (C=O) groups excluding carboxylic acids is 7. The average molecular weight is 1490 g/mol. The SMILES string of the molecule is CCCCc1nc(Cl)c(CO)n1Cc1ccc(-c2ccccc2-c2nn[nH]n2)cc1.CC[C@H](C)[C@H](NC(=O)[C@H](Cc1ccc(O)cc1)NC(=O)[C@@H](NC(=O)[C@H](CCCN=C(N)N)NC(=O)[C@@H](N)CC(=O)O)C(C)C)C(=O)N[C@@H](Cc1ccc(N)cc1)C(=O)N1CCC[C@H]1C(=O)N[C@@H](Cc1ccccc1)C(=O)O. The van der Waals surface area contributed by atoms with E-state index in [1.807, 2.05) is 28.8 Å². The van der Waals surface area contributed by atoms with Crippen LogP contribution in [0, 0.1) is 11.8 Å². The molecule has 107 heavy (non-hydrogen) atoms. The number of halogens is 1. The highest BCUT2D eigenvalue weighted by atomic mass is 35.5. The normalized spacial score (nSPS) is 14.8. The number of aliphatic imine (C=N–C) groups is 1. The number of anilines is 1. The van der Waals surface area contributed by atoms with Gasteiger partial charge in [0.05, 0.1) is 24.8 Å². The first-order valence-electron chi connectivity index (χ1n) is 35.5. The minimum atomic E-state index is -1.51. The van der Waals surface area contributed by atoms with E-state index in [0.29, 0.717) is 58.4 Å². The van der Waals surface area contributed by atoms with Crippen LogP contribution < -0.4 is 54.8 Å². The number of aromatic nitrogens is 6. The number of nitrogens with one attached hydrogen (secondary N) is 7. The first kappa shape index (κ1) is 83.0. The van der Waals surface area contributed by atoms with Crippen LogP contribution in [0.5, 0.6) is 5.75 Å². The Morgan fingerprint density at radius 1 is 0.673 bits per heavy atom. The van der Waals surface area contributed by atoms with E-state index in [1.165, 1.54) is 29.2 Å². The summed E-state index contributed by atoms with van der Waals surface area (Å²) in [6.45, 7) is 9.54. The number of tetrazole rings is 1. The number of unbranched alkanes of at least 4 members (excludes halogenated alkanes) is 1. The van der Waals surface area contributed by atoms with E-state index in [2.05, 4.69) is 93.7 Å². The van der Waals surface area contributed by atoms with Crippen LogP contribution in [-0.4, -0.2) is 176 Å². The Labute approximate surface area is 624 Å². The summed E-state index contributed by atoms with van der Waals surface area (Å²) in [6, 6.07) is 26.9. The topological polar surface area (TPSA) is 499 Å². The molecule has 0 radical (unpaired) electrons. The highest BCUT2D eigenvalue weighted by Gasteiger charge is 2.41. The van der Waals surface area contributed by atoms with Gasteiger partial charge in [-0.15, -0.1) is 10.2 Å². The van der Waals surface area contributed by atoms with Crippen molar-refractivity contribution >= 4 is 76.5 Å². The molecule has 7 aromatic rings. The van der Waals surface area contributed by atoms with Gasteiger partial charge in [0, 0.05) is 56.6 Å². The van der Waals surface area contributed by atoms with Crippen molar-refractivity contribution in [2.24, 2.45) is 34.0 Å². The summed E-state index contributed by atoms with van der Waals surface area (Å²) in [5.74, 6) is -8.16. The van der Waals surface area contributed by atoms with Crippen LogP contribution in [0.15, 0.2) is 132 Å². The molecule has 1 fully saturated rings. The Hall–Kier alpha value is -11.3. The number of aromatic hydroxyl groups is 1. The number of guanidine groups is 1. The number of carboxylic acid groups (broad SMARTS) is 2. The second-order valence-corrected chi connectivity index (χ2v) is 27.0. The lowest BCUT2D eigenvalue weighted by Crippen LogP contribution is -2.62. The van der Waals surface area contributed by atoms with Crippen LogP contribution in [0.2, 0.25) is 5.15 Å². The van der Waals surface area contributed by atoms with Gasteiger partial charge in [-0.2, -0.15) is 5.21 Å². The number of nitrogen functional groups attached to an aromatic ring is 1. The third-order valence-electron chi connectivity index (χ3n) is 18.3. The maximum Gasteiger partial charge on any atom is 0.326 e. The largest absolute Gasteiger partial charge is 0.508 e. The average Bonchev–Trinajstić information content (AvgIpc) is 1.75. The van der Waals surface area contributed by atoms with E-state index in [0.717, 1.165) is 47.3 Å². The van der Waals surface area contributed by atoms with Crippen LogP contribution >= 0.6 is 11.6 Å². The summed E-state index contributed by atoms with van der Waals surface area (Å²) >= 11 is 6.26. The van der Waals surface area contributed by atoms with Gasteiger partial charge in [0.15, 0.2) is 11.1 Å². The lowest BCUT2D eigenvalue weighted by atomic mass is 9.95. The molecule has 0 unspecified atom stereocenters. The van der Waals surface area contributed by atoms with E-state index in [9.17, 15) is 63.6 Å². The van der Waals surface area contributed by atoms with Gasteiger partial charge in [-0.3, -0.25) is 43.3 Å². The van der Waals surface area contributed by atoms with Crippen molar-refractivity contribution in [2.75, 3.05) is 18.8 Å². The van der Waals surface area contributed by atoms with E-state index in [1.54, 1.807) is 82.3 Å². The Bertz CT molecular complexity index is 4140. The van der Waals surface area contributed by atoms with Gasteiger partial charge in [0.2, 0.25) is 47.2 Å². The van der Waals surface area contributed by atoms with E-state index in [-0.39, 0.29) is 69.9 Å². The summed E-state index contributed by atoms with van der Waals surface area (Å²) < 4.78 is 2.03. The number of aliphatic carboxylic acids is 2. The highest BCUT2D eigenvalue weighted by molar-refractivity contribution is 6.30. The molecule has 572 valence electrons. The standard InChI is InChI=1S/C53H74N12O12.C22H23ClN6O/c1-5-30(4)44(50(74)61-39(26-32-15-19-34(54)20-16-32)51(75)65-24-10-14-41(65)48(72)62-40(52(76)77)27-31-11-7-6-8-12-31)64-47(71)38(25-33-17-21-35(66)22-18-33)60-49(73)43(29(2)3)63-46(70)37(13-9-23-58-53(56)57)59-45(69)36(55)28-42(67)68;1-2-3-8-20-24-21(23)19(14-30)29(20)13-15-9-11-16(12-10-15)17-6-4-5-7-18(17)22-25-27-28-26-22/h6-8,11-12,15-22,29-30,36-41,43-44,66H,5,9-10,13-14,23-28,54-55H2,1-4H3,(H,59,69)(H,60,73)(H,61,74)(H,62,72)(H,63,70)(H,64,71)(H,67,68)(H,76,77)(H4,56,57,58);4-7,9-12,30H,2-3,8,13-14H2,1H3,(H,25,26,27,28)/t30-,36-,37-,38-,39-,40-,41-,43-,44-;/m0./s1. The Morgan fingerprint density at radius 2 is 1.25 bits per heavy atom. The zero-order chi connectivity index (χ0) is 77.9. The number of phenols is 1. The van der Waals surface area contributed by atoms with Crippen molar-refractivity contribution in [3.8, 4) is 28.3 Å². The quantitative estimate of drug-likeness (QED) is 0.0114. The number of phenolic OH excluding ortho intramolecular Hbond substituents is 1. The minimum Gasteiger partial charge on any atom is -0.508 e. The number of aliphatic hydroxyl groups is 1. The van der Waals surface area contributed by atoms with Gasteiger partial charge < -0.3 is 84.7 Å². The Morgan fingerprint density at radius 3 is 1.86 bits per heavy atom. The lowest BCUT2D eigenvalue weighted by Gasteiger charge is -2.32. The molecule has 0 spiro atoms. The van der Waals surface area contributed by atoms with Crippen LogP contribution in [0.1, 0.15) is 120 Å². The molecule has 5 aromatic carbocycles. The fraction of sp³-hybridized carbons (Fsp3) is 0.413. The molecule has 1 aliphatic heterocycles. The third kappa shape index (κ3) is 24.6. The summed E-state index contributed by atoms with van der Waals surface area (Å²) in [6.07, 6.45) is 3.04. The first-order valence-corrected chi connectivity index (χ1v) is 35.9. The molecule has 0 aliphatic carbocycles. The van der Waals surface area contributed by atoms with E-state index in [4.69, 9.17) is 34.5 Å². The van der Waals surface area contributed by atoms with Crippen molar-refractivity contribution in [3.05, 3.63) is 166 Å². The van der Waals surface area contributed by atoms with Gasteiger partial charge in [-0.05, 0) is 107 Å². The van der Waals surface area contributed by atoms with Crippen molar-refractivity contribution in [3.63, 3.8) is 0 Å². The monoisotopic (exact) mass is 1490 g/mol. The van der Waals surface area contributed by atoms with Crippen molar-refractivity contribution in [1.29, 1.82) is 0 Å². The van der Waals surface area contributed by atoms with E-state index < -0.39 is 120 Å². The number of hydrogen-bond donors (Lipinski definition) is 15. The van der Waals surface area contributed by atoms with Crippen LogP contribution in [0.4, 0.5) is 5.69 Å². The molecule has 1 aliphatic rings. The van der Waals surface area contributed by atoms with Crippen LogP contribution in [0.25, 0.3) is 22.5 Å². The molecule has 0 saturated carbocycles. The number of hydrogen-bond acceptors (Lipinski definition) is 18. The van der Waals surface area contributed by atoms with Crippen LogP contribution in [0.3, 0.4) is 0 Å². The number of aliphatic hydroxyl groups excluding tert-OH is 1. The zero-order valence-electron chi connectivity index (χ0n) is 60.5. The highest BCUT2D eigenvalue weighted by Crippen LogP contribution is 2.31. The smallest absolute Gasteiger partial charge is 0.326 e. The summed E-state index contributed by atoms with van der Waals surface area (Å²) in [7, 11) is 0. The molecule has 8 rings (SSSR count). The summed E-state index contributed by atoms with van der Waals surface area (Å²) in [4.78, 5) is 132. The van der Waals surface area contributed by atoms with Crippen LogP contribution in [-0.2, 0) is 82.0 Å². The van der Waals surface area contributed by atoms with Gasteiger partial charge in [-0.25, -0.2) is 9.78 Å². The second kappa shape index (κ2) is 40.8. The fourth-order valence-electron chi connectivity index (χ4n) is 12.1. The predicted octanol–water partition coefficient (Wildman–Crippen LogP) is 3.81. The number of aryl methyl sites for hydroxylation is 1. The van der Waals surface area contributed by atoms with Gasteiger partial charge in [-0.1, -0.05) is 162 Å². The van der Waals surface area contributed by atoms with Crippen molar-refractivity contribution in [2.45, 2.75) is 173 Å². The number of imidazole rings is 1. The number of carboxylic acids is 2.